The van der Waals surface area contributed by atoms with Gasteiger partial charge in [-0.25, -0.2) is 0 Å². The van der Waals surface area contributed by atoms with Crippen molar-refractivity contribution in [1.29, 1.82) is 0 Å². The first-order valence-electron chi connectivity index (χ1n) is 16.4. The summed E-state index contributed by atoms with van der Waals surface area (Å²) in [6.07, 6.45) is 0. The maximum absolute atomic E-state index is 5.66. The van der Waals surface area contributed by atoms with Crippen molar-refractivity contribution in [1.82, 2.24) is 15.0 Å². The maximum Gasteiger partial charge on any atom is 0.241 e. The zero-order valence-electron chi connectivity index (χ0n) is 28.5. The minimum Gasteiger partial charge on any atom is -0.497 e. The van der Waals surface area contributed by atoms with Gasteiger partial charge in [-0.2, -0.15) is 15.0 Å². The van der Waals surface area contributed by atoms with Gasteiger partial charge in [0.1, 0.15) is 17.2 Å². The van der Waals surface area contributed by atoms with Gasteiger partial charge in [0, 0.05) is 35.3 Å². The van der Waals surface area contributed by atoms with E-state index < -0.39 is 0 Å². The molecule has 51 heavy (non-hydrogen) atoms. The van der Waals surface area contributed by atoms with E-state index in [-0.39, 0.29) is 0 Å². The molecule has 0 saturated heterocycles. The molecule has 0 saturated carbocycles. The molecule has 0 spiro atoms. The second-order valence-corrected chi connectivity index (χ2v) is 11.4. The summed E-state index contributed by atoms with van der Waals surface area (Å²) in [4.78, 5) is 21.8. The van der Waals surface area contributed by atoms with Gasteiger partial charge in [-0.1, -0.05) is 72.8 Å². The van der Waals surface area contributed by atoms with Crippen molar-refractivity contribution < 1.29 is 14.2 Å². The first-order chi connectivity index (χ1) is 25.1. The Balaban J connectivity index is 1.55. The summed E-state index contributed by atoms with van der Waals surface area (Å²) in [5.41, 5.74) is 4.99. The lowest BCUT2D eigenvalue weighted by molar-refractivity contribution is 0.415. The van der Waals surface area contributed by atoms with Crippen LogP contribution in [0.2, 0.25) is 0 Å². The van der Waals surface area contributed by atoms with E-state index in [0.29, 0.717) is 35.1 Å². The number of methoxy groups -OCH3 is 3. The van der Waals surface area contributed by atoms with Crippen molar-refractivity contribution in [3.63, 3.8) is 0 Å². The molecule has 0 radical (unpaired) electrons. The fourth-order valence-corrected chi connectivity index (χ4v) is 5.76. The minimum atomic E-state index is 0.391. The highest BCUT2D eigenvalue weighted by atomic mass is 16.5. The molecule has 9 heteroatoms. The van der Waals surface area contributed by atoms with Gasteiger partial charge in [-0.05, 0) is 72.8 Å². The van der Waals surface area contributed by atoms with E-state index in [4.69, 9.17) is 29.2 Å². The zero-order chi connectivity index (χ0) is 35.0. The number of hydrogen-bond donors (Lipinski definition) is 0. The van der Waals surface area contributed by atoms with Crippen LogP contribution in [0.4, 0.5) is 52.0 Å². The van der Waals surface area contributed by atoms with Gasteiger partial charge in [0.2, 0.25) is 17.8 Å². The van der Waals surface area contributed by atoms with Crippen LogP contribution in [0.1, 0.15) is 0 Å². The van der Waals surface area contributed by atoms with Gasteiger partial charge in [-0.15, -0.1) is 0 Å². The number of nitrogens with zero attached hydrogens (tertiary/aromatic N) is 6. The SMILES string of the molecule is COc1cccc(N(c2ccccc2)c2nc(N(c3ccccc3)c3cccc(OC)c3)nc(N(c3ccccc3)c3cccc(OC)c3)n2)c1. The van der Waals surface area contributed by atoms with Crippen LogP contribution < -0.4 is 28.9 Å². The lowest BCUT2D eigenvalue weighted by Crippen LogP contribution is -2.22. The summed E-state index contributed by atoms with van der Waals surface area (Å²) in [6.45, 7) is 0. The molecule has 1 aromatic heterocycles. The molecule has 9 nitrogen and oxygen atoms in total. The first-order valence-corrected chi connectivity index (χ1v) is 16.4. The molecule has 7 rings (SSSR count). The molecule has 0 amide bonds. The molecule has 6 aromatic carbocycles. The zero-order valence-corrected chi connectivity index (χ0v) is 28.5. The van der Waals surface area contributed by atoms with Crippen molar-refractivity contribution in [2.75, 3.05) is 36.0 Å². The van der Waals surface area contributed by atoms with Crippen molar-refractivity contribution >= 4 is 52.0 Å². The van der Waals surface area contributed by atoms with Crippen molar-refractivity contribution in [3.05, 3.63) is 164 Å². The Bertz CT molecular complexity index is 1940. The van der Waals surface area contributed by atoms with Crippen molar-refractivity contribution in [3.8, 4) is 17.2 Å². The predicted molar refractivity (Wildman–Crippen MR) is 204 cm³/mol. The van der Waals surface area contributed by atoms with Gasteiger partial charge in [0.05, 0.1) is 38.4 Å². The summed E-state index contributed by atoms with van der Waals surface area (Å²) in [5.74, 6) is 3.28. The van der Waals surface area contributed by atoms with Crippen LogP contribution in [0.5, 0.6) is 17.2 Å². The van der Waals surface area contributed by atoms with E-state index in [1.54, 1.807) is 21.3 Å². The maximum atomic E-state index is 5.66. The van der Waals surface area contributed by atoms with E-state index >= 15 is 0 Å². The van der Waals surface area contributed by atoms with Crippen LogP contribution in [-0.2, 0) is 0 Å². The second kappa shape index (κ2) is 15.1. The molecule has 0 aliphatic heterocycles. The lowest BCUT2D eigenvalue weighted by atomic mass is 10.2. The highest BCUT2D eigenvalue weighted by Crippen LogP contribution is 2.41. The molecule has 0 unspecified atom stereocenters. The molecule has 252 valence electrons. The Kier molecular flexibility index (Phi) is 9.69. The summed E-state index contributed by atoms with van der Waals surface area (Å²) in [7, 11) is 4.97. The highest BCUT2D eigenvalue weighted by molar-refractivity contribution is 5.80. The smallest absolute Gasteiger partial charge is 0.241 e. The van der Waals surface area contributed by atoms with Crippen LogP contribution in [0, 0.1) is 0 Å². The van der Waals surface area contributed by atoms with Gasteiger partial charge >= 0.3 is 0 Å². The Morgan fingerprint density at radius 1 is 0.314 bits per heavy atom. The fourth-order valence-electron chi connectivity index (χ4n) is 5.76. The quantitative estimate of drug-likeness (QED) is 0.126. The van der Waals surface area contributed by atoms with Gasteiger partial charge in [-0.3, -0.25) is 14.7 Å². The average molecular weight is 673 g/mol. The largest absolute Gasteiger partial charge is 0.497 e. The molecule has 0 bridgehead atoms. The van der Waals surface area contributed by atoms with E-state index in [0.717, 1.165) is 34.1 Å². The van der Waals surface area contributed by atoms with Crippen LogP contribution in [0.15, 0.2) is 164 Å². The molecule has 0 fully saturated rings. The monoisotopic (exact) mass is 672 g/mol. The number of para-hydroxylation sites is 3. The summed E-state index contributed by atoms with van der Waals surface area (Å²) < 4.78 is 17.0. The minimum absolute atomic E-state index is 0.391. The standard InChI is InChI=1S/C42H36N6O3/c1-49-37-25-13-22-34(28-37)46(31-16-7-4-8-17-31)40-43-41(47(32-18-9-5-10-19-32)35-23-14-26-38(29-35)50-2)45-42(44-40)48(33-20-11-6-12-21-33)36-24-15-27-39(30-36)51-3/h4-30H,1-3H3. The molecular formula is C42H36N6O3. The normalized spacial score (nSPS) is 10.6. The first kappa shape index (κ1) is 32.7. The van der Waals surface area contributed by atoms with Crippen molar-refractivity contribution in [2.24, 2.45) is 0 Å². The van der Waals surface area contributed by atoms with E-state index in [9.17, 15) is 0 Å². The Hall–Kier alpha value is -6.87. The summed E-state index contributed by atoms with van der Waals surface area (Å²) in [5, 5.41) is 0. The molecule has 0 aliphatic rings. The summed E-state index contributed by atoms with van der Waals surface area (Å²) in [6, 6.07) is 53.5. The van der Waals surface area contributed by atoms with Crippen LogP contribution >= 0.6 is 0 Å². The van der Waals surface area contributed by atoms with Crippen molar-refractivity contribution in [2.45, 2.75) is 0 Å². The Morgan fingerprint density at radius 3 is 0.824 bits per heavy atom. The fraction of sp³-hybridized carbons (Fsp3) is 0.0714. The van der Waals surface area contributed by atoms with E-state index in [2.05, 4.69) is 0 Å². The topological polar surface area (TPSA) is 76.1 Å². The second-order valence-electron chi connectivity index (χ2n) is 11.4. The summed E-state index contributed by atoms with van der Waals surface area (Å²) >= 11 is 0. The number of benzene rings is 6. The number of aromatic nitrogens is 3. The van der Waals surface area contributed by atoms with E-state index in [1.807, 2.05) is 178 Å². The highest BCUT2D eigenvalue weighted by Gasteiger charge is 2.26. The molecular weight excluding hydrogens is 637 g/mol. The third-order valence-corrected chi connectivity index (χ3v) is 8.18. The van der Waals surface area contributed by atoms with Crippen LogP contribution in [-0.4, -0.2) is 36.3 Å². The predicted octanol–water partition coefficient (Wildman–Crippen LogP) is 10.3. The number of anilines is 9. The molecule has 0 aliphatic carbocycles. The molecule has 1 heterocycles. The number of hydrogen-bond acceptors (Lipinski definition) is 9. The van der Waals surface area contributed by atoms with Crippen LogP contribution in [0.25, 0.3) is 0 Å². The third kappa shape index (κ3) is 7.13. The Morgan fingerprint density at radius 2 is 0.569 bits per heavy atom. The molecule has 0 atom stereocenters. The number of rotatable bonds is 12. The van der Waals surface area contributed by atoms with Crippen LogP contribution in [0.3, 0.4) is 0 Å². The third-order valence-electron chi connectivity index (χ3n) is 8.18. The number of ether oxygens (including phenoxy) is 3. The van der Waals surface area contributed by atoms with Gasteiger partial charge in [0.25, 0.3) is 0 Å². The van der Waals surface area contributed by atoms with Gasteiger partial charge in [0.15, 0.2) is 0 Å². The molecule has 7 aromatic rings. The average Bonchev–Trinajstić information content (AvgIpc) is 3.20. The molecule has 0 N–H and O–H groups in total. The lowest BCUT2D eigenvalue weighted by Gasteiger charge is -2.30. The Labute approximate surface area is 297 Å². The van der Waals surface area contributed by atoms with Gasteiger partial charge < -0.3 is 14.2 Å². The van der Waals surface area contributed by atoms with E-state index in [1.165, 1.54) is 0 Å².